The van der Waals surface area contributed by atoms with Gasteiger partial charge in [-0.2, -0.15) is 0 Å². The van der Waals surface area contributed by atoms with Crippen LogP contribution in [0.1, 0.15) is 40.7 Å². The van der Waals surface area contributed by atoms with E-state index in [2.05, 4.69) is 5.32 Å². The van der Waals surface area contributed by atoms with Crippen LogP contribution < -0.4 is 5.32 Å². The van der Waals surface area contributed by atoms with Crippen LogP contribution in [0.15, 0.2) is 42.5 Å². The van der Waals surface area contributed by atoms with Crippen LogP contribution in [0.25, 0.3) is 0 Å². The Hall–Kier alpha value is -2.36. The van der Waals surface area contributed by atoms with E-state index in [-0.39, 0.29) is 22.9 Å². The minimum Gasteiger partial charge on any atom is -0.508 e. The average Bonchev–Trinajstić information content (AvgIpc) is 2.47. The molecule has 4 heteroatoms. The van der Waals surface area contributed by atoms with Gasteiger partial charge in [0.25, 0.3) is 5.91 Å². The fourth-order valence-electron chi connectivity index (χ4n) is 3.22. The molecule has 120 valence electrons. The summed E-state index contributed by atoms with van der Waals surface area (Å²) in [6.07, 6.45) is 3.10. The number of phenols is 1. The van der Waals surface area contributed by atoms with Crippen LogP contribution in [0.5, 0.6) is 5.75 Å². The zero-order valence-corrected chi connectivity index (χ0v) is 13.1. The monoisotopic (exact) mass is 313 g/mol. The maximum absolute atomic E-state index is 13.1. The molecule has 0 bridgehead atoms. The average molecular weight is 313 g/mol. The number of aryl methyl sites for hydroxylation is 1. The molecule has 2 N–H and O–H groups in total. The molecule has 0 spiro atoms. The second-order valence-corrected chi connectivity index (χ2v) is 6.32. The van der Waals surface area contributed by atoms with Crippen molar-refractivity contribution in [3.63, 3.8) is 0 Å². The van der Waals surface area contributed by atoms with E-state index in [1.54, 1.807) is 19.1 Å². The number of amides is 1. The zero-order chi connectivity index (χ0) is 16.4. The normalized spacial score (nSPS) is 15.7. The molecule has 2 aromatic carbocycles. The molecule has 0 atom stereocenters. The van der Waals surface area contributed by atoms with Gasteiger partial charge < -0.3 is 10.4 Å². The van der Waals surface area contributed by atoms with Crippen molar-refractivity contribution in [2.75, 3.05) is 6.54 Å². The van der Waals surface area contributed by atoms with Gasteiger partial charge in [0.2, 0.25) is 0 Å². The van der Waals surface area contributed by atoms with Crippen LogP contribution in [-0.2, 0) is 5.41 Å². The van der Waals surface area contributed by atoms with Crippen molar-refractivity contribution >= 4 is 5.91 Å². The highest BCUT2D eigenvalue weighted by molar-refractivity contribution is 5.95. The number of benzene rings is 2. The third-order valence-corrected chi connectivity index (χ3v) is 4.81. The lowest BCUT2D eigenvalue weighted by Crippen LogP contribution is -2.45. The lowest BCUT2D eigenvalue weighted by molar-refractivity contribution is 0.0927. The Labute approximate surface area is 135 Å². The van der Waals surface area contributed by atoms with E-state index in [0.29, 0.717) is 12.1 Å². The van der Waals surface area contributed by atoms with Gasteiger partial charge in [-0.3, -0.25) is 4.79 Å². The Kier molecular flexibility index (Phi) is 4.07. The first kappa shape index (κ1) is 15.5. The van der Waals surface area contributed by atoms with Crippen LogP contribution in [0.3, 0.4) is 0 Å². The van der Waals surface area contributed by atoms with Crippen molar-refractivity contribution in [2.24, 2.45) is 0 Å². The van der Waals surface area contributed by atoms with E-state index in [1.807, 2.05) is 12.1 Å². The highest BCUT2D eigenvalue weighted by atomic mass is 19.1. The number of carbonyl (C=O) groups is 1. The Bertz CT molecular complexity index is 721. The van der Waals surface area contributed by atoms with Crippen molar-refractivity contribution in [1.29, 1.82) is 0 Å². The minimum absolute atomic E-state index is 0.0891. The number of halogens is 1. The van der Waals surface area contributed by atoms with Gasteiger partial charge >= 0.3 is 0 Å². The molecule has 23 heavy (non-hydrogen) atoms. The Morgan fingerprint density at radius 3 is 2.48 bits per heavy atom. The van der Waals surface area contributed by atoms with E-state index >= 15 is 0 Å². The predicted molar refractivity (Wildman–Crippen MR) is 87.1 cm³/mol. The first-order chi connectivity index (χ1) is 11.0. The van der Waals surface area contributed by atoms with Gasteiger partial charge in [0.1, 0.15) is 11.6 Å². The third-order valence-electron chi connectivity index (χ3n) is 4.81. The fourth-order valence-corrected chi connectivity index (χ4v) is 3.22. The molecule has 1 aliphatic rings. The standard InChI is InChI=1S/C19H20FNO2/c1-13-11-16(22)7-8-17(13)18(23)21-12-19(9-2-10-19)14-3-5-15(20)6-4-14/h3-8,11,22H,2,9-10,12H2,1H3,(H,21,23). The number of carbonyl (C=O) groups excluding carboxylic acids is 1. The van der Waals surface area contributed by atoms with Gasteiger partial charge in [-0.15, -0.1) is 0 Å². The number of nitrogens with one attached hydrogen (secondary N) is 1. The van der Waals surface area contributed by atoms with Gasteiger partial charge in [0.15, 0.2) is 0 Å². The second-order valence-electron chi connectivity index (χ2n) is 6.32. The number of hydrogen-bond donors (Lipinski definition) is 2. The van der Waals surface area contributed by atoms with E-state index in [0.717, 1.165) is 30.4 Å². The summed E-state index contributed by atoms with van der Waals surface area (Å²) in [6, 6.07) is 11.3. The molecular weight excluding hydrogens is 293 g/mol. The predicted octanol–water partition coefficient (Wildman–Crippen LogP) is 3.69. The van der Waals surface area contributed by atoms with Gasteiger partial charge in [-0.05, 0) is 61.2 Å². The molecule has 0 aromatic heterocycles. The van der Waals surface area contributed by atoms with Crippen LogP contribution in [0.4, 0.5) is 4.39 Å². The number of rotatable bonds is 4. The summed E-state index contributed by atoms with van der Waals surface area (Å²) in [5, 5.41) is 12.4. The summed E-state index contributed by atoms with van der Waals surface area (Å²) in [7, 11) is 0. The van der Waals surface area contributed by atoms with E-state index < -0.39 is 0 Å². The molecule has 1 amide bonds. The maximum atomic E-state index is 13.1. The van der Waals surface area contributed by atoms with Gasteiger partial charge in [0, 0.05) is 17.5 Å². The number of hydrogen-bond acceptors (Lipinski definition) is 2. The Morgan fingerprint density at radius 1 is 1.22 bits per heavy atom. The molecule has 0 heterocycles. The van der Waals surface area contributed by atoms with Crippen molar-refractivity contribution < 1.29 is 14.3 Å². The molecule has 1 fully saturated rings. The van der Waals surface area contributed by atoms with Gasteiger partial charge in [0.05, 0.1) is 0 Å². The smallest absolute Gasteiger partial charge is 0.251 e. The van der Waals surface area contributed by atoms with Crippen molar-refractivity contribution in [3.05, 3.63) is 65.0 Å². The van der Waals surface area contributed by atoms with Crippen LogP contribution in [0.2, 0.25) is 0 Å². The summed E-state index contributed by atoms with van der Waals surface area (Å²) in [4.78, 5) is 12.4. The zero-order valence-electron chi connectivity index (χ0n) is 13.1. The molecule has 1 aliphatic carbocycles. The molecule has 0 radical (unpaired) electrons. The van der Waals surface area contributed by atoms with Crippen molar-refractivity contribution in [3.8, 4) is 5.75 Å². The van der Waals surface area contributed by atoms with Crippen LogP contribution >= 0.6 is 0 Å². The second kappa shape index (κ2) is 6.03. The summed E-state index contributed by atoms with van der Waals surface area (Å²) in [5.74, 6) is -0.233. The summed E-state index contributed by atoms with van der Waals surface area (Å²) in [5.41, 5.74) is 2.30. The van der Waals surface area contributed by atoms with E-state index in [1.165, 1.54) is 18.2 Å². The van der Waals surface area contributed by atoms with Gasteiger partial charge in [-0.25, -0.2) is 4.39 Å². The fraction of sp³-hybridized carbons (Fsp3) is 0.316. The first-order valence-electron chi connectivity index (χ1n) is 7.84. The lowest BCUT2D eigenvalue weighted by atomic mass is 9.64. The Balaban J connectivity index is 1.73. The minimum atomic E-state index is -0.244. The molecule has 3 nitrogen and oxygen atoms in total. The van der Waals surface area contributed by atoms with E-state index in [9.17, 15) is 14.3 Å². The lowest BCUT2D eigenvalue weighted by Gasteiger charge is -2.42. The SMILES string of the molecule is Cc1cc(O)ccc1C(=O)NCC1(c2ccc(F)cc2)CCC1. The molecular formula is C19H20FNO2. The third kappa shape index (κ3) is 3.07. The molecule has 0 saturated heterocycles. The highest BCUT2D eigenvalue weighted by Crippen LogP contribution is 2.43. The quantitative estimate of drug-likeness (QED) is 0.904. The topological polar surface area (TPSA) is 49.3 Å². The molecule has 3 rings (SSSR count). The van der Waals surface area contributed by atoms with Crippen molar-refractivity contribution in [1.82, 2.24) is 5.32 Å². The summed E-state index contributed by atoms with van der Waals surface area (Å²) >= 11 is 0. The molecule has 0 aliphatic heterocycles. The van der Waals surface area contributed by atoms with Gasteiger partial charge in [-0.1, -0.05) is 18.6 Å². The molecule has 0 unspecified atom stereocenters. The molecule has 1 saturated carbocycles. The maximum Gasteiger partial charge on any atom is 0.251 e. The molecule has 2 aromatic rings. The summed E-state index contributed by atoms with van der Waals surface area (Å²) in [6.45, 7) is 2.34. The highest BCUT2D eigenvalue weighted by Gasteiger charge is 2.38. The van der Waals surface area contributed by atoms with Crippen LogP contribution in [-0.4, -0.2) is 17.6 Å². The Morgan fingerprint density at radius 2 is 1.91 bits per heavy atom. The first-order valence-corrected chi connectivity index (χ1v) is 7.84. The van der Waals surface area contributed by atoms with E-state index in [4.69, 9.17) is 0 Å². The largest absolute Gasteiger partial charge is 0.508 e. The van der Waals surface area contributed by atoms with Crippen molar-refractivity contribution in [2.45, 2.75) is 31.6 Å². The number of aromatic hydroxyl groups is 1. The van der Waals surface area contributed by atoms with Crippen LogP contribution in [0, 0.1) is 12.7 Å². The number of phenolic OH excluding ortho intramolecular Hbond substituents is 1. The summed E-state index contributed by atoms with van der Waals surface area (Å²) < 4.78 is 13.1.